The summed E-state index contributed by atoms with van der Waals surface area (Å²) in [7, 11) is -3.82. The summed E-state index contributed by atoms with van der Waals surface area (Å²) in [5.74, 6) is -0.341. The first-order chi connectivity index (χ1) is 11.5. The molecule has 1 heterocycles. The third-order valence-electron chi connectivity index (χ3n) is 5.22. The van der Waals surface area contributed by atoms with Gasteiger partial charge < -0.3 is 4.90 Å². The number of benzene rings is 1. The van der Waals surface area contributed by atoms with Gasteiger partial charge in [-0.25, -0.2) is 12.8 Å². The molecule has 1 aliphatic heterocycles. The maximum atomic E-state index is 13.0. The van der Waals surface area contributed by atoms with Crippen LogP contribution in [0.2, 0.25) is 0 Å². The van der Waals surface area contributed by atoms with Crippen molar-refractivity contribution in [2.24, 2.45) is 11.3 Å². The van der Waals surface area contributed by atoms with E-state index >= 15 is 0 Å². The Hall–Kier alpha value is -1.43. The lowest BCUT2D eigenvalue weighted by Gasteiger charge is -2.30. The highest BCUT2D eigenvalue weighted by Crippen LogP contribution is 2.34. The van der Waals surface area contributed by atoms with Crippen molar-refractivity contribution < 1.29 is 17.6 Å². The number of hydrogen-bond acceptors (Lipinski definition) is 3. The van der Waals surface area contributed by atoms with Gasteiger partial charge in [0, 0.05) is 13.1 Å². The molecule has 1 aromatic rings. The molecule has 0 saturated carbocycles. The fraction of sp³-hybridized carbons (Fsp3) is 0.632. The van der Waals surface area contributed by atoms with Crippen molar-refractivity contribution in [3.8, 4) is 0 Å². The van der Waals surface area contributed by atoms with Crippen LogP contribution in [-0.2, 0) is 14.6 Å². The molecule has 2 rings (SSSR count). The van der Waals surface area contributed by atoms with Crippen LogP contribution in [0.25, 0.3) is 0 Å². The van der Waals surface area contributed by atoms with Gasteiger partial charge in [0.1, 0.15) is 11.1 Å². The first-order valence-electron chi connectivity index (χ1n) is 8.81. The predicted octanol–water partition coefficient (Wildman–Crippen LogP) is 3.66. The molecule has 2 unspecified atom stereocenters. The van der Waals surface area contributed by atoms with Crippen LogP contribution in [0.1, 0.15) is 47.0 Å². The Kier molecular flexibility index (Phi) is 5.92. The zero-order valence-corrected chi connectivity index (χ0v) is 16.3. The Morgan fingerprint density at radius 3 is 2.32 bits per heavy atom. The lowest BCUT2D eigenvalue weighted by molar-refractivity contribution is -0.130. The number of carbonyl (C=O) groups is 1. The smallest absolute Gasteiger partial charge is 0.241 e. The van der Waals surface area contributed by atoms with E-state index in [9.17, 15) is 17.6 Å². The van der Waals surface area contributed by atoms with E-state index < -0.39 is 20.9 Å². The number of amides is 1. The average molecular weight is 370 g/mol. The monoisotopic (exact) mass is 369 g/mol. The van der Waals surface area contributed by atoms with E-state index in [1.165, 1.54) is 19.1 Å². The Morgan fingerprint density at radius 1 is 1.16 bits per heavy atom. The number of carbonyl (C=O) groups excluding carboxylic acids is 1. The normalized spacial score (nSPS) is 20.8. The second kappa shape index (κ2) is 7.44. The molecule has 1 aromatic carbocycles. The van der Waals surface area contributed by atoms with E-state index in [4.69, 9.17) is 0 Å². The minimum absolute atomic E-state index is 0.0165. The van der Waals surface area contributed by atoms with Gasteiger partial charge in [0.05, 0.1) is 4.90 Å². The van der Waals surface area contributed by atoms with E-state index in [2.05, 4.69) is 20.8 Å². The molecule has 0 aromatic heterocycles. The maximum absolute atomic E-state index is 13.0. The van der Waals surface area contributed by atoms with Crippen LogP contribution in [0.3, 0.4) is 0 Å². The van der Waals surface area contributed by atoms with Crippen molar-refractivity contribution in [3.05, 3.63) is 30.1 Å². The first-order valence-corrected chi connectivity index (χ1v) is 10.4. The number of likely N-dealkylation sites (tertiary alicyclic amines) is 1. The van der Waals surface area contributed by atoms with Crippen molar-refractivity contribution in [2.45, 2.75) is 57.1 Å². The highest BCUT2D eigenvalue weighted by Gasteiger charge is 2.35. The molecule has 1 saturated heterocycles. The van der Waals surface area contributed by atoms with Gasteiger partial charge in [-0.05, 0) is 61.8 Å². The molecular formula is C19H28FNO3S. The molecule has 25 heavy (non-hydrogen) atoms. The Morgan fingerprint density at radius 2 is 1.76 bits per heavy atom. The van der Waals surface area contributed by atoms with Crippen molar-refractivity contribution in [1.82, 2.24) is 4.90 Å². The molecule has 0 aliphatic carbocycles. The van der Waals surface area contributed by atoms with Crippen molar-refractivity contribution >= 4 is 15.7 Å². The summed E-state index contributed by atoms with van der Waals surface area (Å²) in [6, 6.07) is 4.63. The molecule has 4 nitrogen and oxygen atoms in total. The van der Waals surface area contributed by atoms with Crippen LogP contribution in [0.5, 0.6) is 0 Å². The lowest BCUT2D eigenvalue weighted by Crippen LogP contribution is -2.42. The summed E-state index contributed by atoms with van der Waals surface area (Å²) in [6.07, 6.45) is 2.82. The Labute approximate surface area is 150 Å². The summed E-state index contributed by atoms with van der Waals surface area (Å²) < 4.78 is 38.4. The van der Waals surface area contributed by atoms with Gasteiger partial charge >= 0.3 is 0 Å². The number of sulfone groups is 1. The van der Waals surface area contributed by atoms with E-state index in [1.807, 2.05) is 0 Å². The molecule has 0 N–H and O–H groups in total. The van der Waals surface area contributed by atoms with Gasteiger partial charge in [0.2, 0.25) is 5.91 Å². The number of halogens is 1. The van der Waals surface area contributed by atoms with Gasteiger partial charge in [-0.1, -0.05) is 20.8 Å². The van der Waals surface area contributed by atoms with Crippen LogP contribution >= 0.6 is 0 Å². The highest BCUT2D eigenvalue weighted by molar-refractivity contribution is 7.92. The molecule has 1 fully saturated rings. The second-order valence-electron chi connectivity index (χ2n) is 7.96. The fourth-order valence-electron chi connectivity index (χ4n) is 3.40. The SMILES string of the molecule is CC(C(=O)N1CCCC(C(C)(C)C)CC1)S(=O)(=O)c1ccc(F)cc1. The Balaban J connectivity index is 2.12. The van der Waals surface area contributed by atoms with E-state index in [0.29, 0.717) is 19.0 Å². The van der Waals surface area contributed by atoms with Gasteiger partial charge in [-0.2, -0.15) is 0 Å². The highest BCUT2D eigenvalue weighted by atomic mass is 32.2. The summed E-state index contributed by atoms with van der Waals surface area (Å²) >= 11 is 0. The summed E-state index contributed by atoms with van der Waals surface area (Å²) in [6.45, 7) is 9.22. The summed E-state index contributed by atoms with van der Waals surface area (Å²) in [5, 5.41) is -1.16. The number of nitrogens with zero attached hydrogens (tertiary/aromatic N) is 1. The summed E-state index contributed by atoms with van der Waals surface area (Å²) in [4.78, 5) is 14.4. The van der Waals surface area contributed by atoms with E-state index in [0.717, 1.165) is 31.4 Å². The zero-order valence-electron chi connectivity index (χ0n) is 15.5. The predicted molar refractivity (Wildman–Crippen MR) is 96.4 cm³/mol. The molecule has 0 spiro atoms. The largest absolute Gasteiger partial charge is 0.342 e. The minimum atomic E-state index is -3.82. The molecule has 1 aliphatic rings. The van der Waals surface area contributed by atoms with Gasteiger partial charge in [-0.3, -0.25) is 4.79 Å². The third-order valence-corrected chi connectivity index (χ3v) is 7.28. The van der Waals surface area contributed by atoms with Gasteiger partial charge in [0.15, 0.2) is 9.84 Å². The number of hydrogen-bond donors (Lipinski definition) is 0. The lowest BCUT2D eigenvalue weighted by atomic mass is 9.77. The zero-order chi connectivity index (χ0) is 18.8. The van der Waals surface area contributed by atoms with E-state index in [1.54, 1.807) is 4.90 Å². The minimum Gasteiger partial charge on any atom is -0.342 e. The van der Waals surface area contributed by atoms with Crippen LogP contribution in [0, 0.1) is 17.2 Å². The fourth-order valence-corrected chi connectivity index (χ4v) is 4.74. The van der Waals surface area contributed by atoms with Crippen LogP contribution < -0.4 is 0 Å². The Bertz CT molecular complexity index is 707. The molecule has 1 amide bonds. The maximum Gasteiger partial charge on any atom is 0.241 e. The van der Waals surface area contributed by atoms with Gasteiger partial charge in [0.25, 0.3) is 0 Å². The van der Waals surface area contributed by atoms with Gasteiger partial charge in [-0.15, -0.1) is 0 Å². The van der Waals surface area contributed by atoms with Crippen LogP contribution in [0.15, 0.2) is 29.2 Å². The van der Waals surface area contributed by atoms with Crippen molar-refractivity contribution in [3.63, 3.8) is 0 Å². The van der Waals surface area contributed by atoms with E-state index in [-0.39, 0.29) is 16.2 Å². The molecule has 140 valence electrons. The van der Waals surface area contributed by atoms with Crippen molar-refractivity contribution in [1.29, 1.82) is 0 Å². The van der Waals surface area contributed by atoms with Crippen LogP contribution in [0.4, 0.5) is 4.39 Å². The molecule has 2 atom stereocenters. The quantitative estimate of drug-likeness (QED) is 0.764. The molecule has 0 bridgehead atoms. The second-order valence-corrected chi connectivity index (χ2v) is 10.2. The van der Waals surface area contributed by atoms with Crippen molar-refractivity contribution in [2.75, 3.05) is 13.1 Å². The first kappa shape index (κ1) is 19.9. The molecule has 6 heteroatoms. The summed E-state index contributed by atoms with van der Waals surface area (Å²) in [5.41, 5.74) is 0.185. The molecular weight excluding hydrogens is 341 g/mol. The van der Waals surface area contributed by atoms with Crippen LogP contribution in [-0.4, -0.2) is 37.6 Å². The average Bonchev–Trinajstić information content (AvgIpc) is 2.79. The molecule has 0 radical (unpaired) electrons. The number of rotatable bonds is 3. The topological polar surface area (TPSA) is 54.5 Å². The standard InChI is InChI=1S/C19H28FNO3S/c1-14(25(23,24)17-9-7-16(20)8-10-17)18(22)21-12-5-6-15(11-13-21)19(2,3)4/h7-10,14-15H,5-6,11-13H2,1-4H3. The third kappa shape index (κ3) is 4.60.